The number of benzene rings is 1. The molecule has 0 amide bonds. The molecule has 2 fully saturated rings. The molecule has 2 aromatic rings. The molecule has 1 aromatic heterocycles. The Labute approximate surface area is 205 Å². The van der Waals surface area contributed by atoms with Crippen molar-refractivity contribution >= 4 is 22.6 Å². The summed E-state index contributed by atoms with van der Waals surface area (Å²) in [7, 11) is 1.47. The van der Waals surface area contributed by atoms with Crippen LogP contribution < -0.4 is 20.8 Å². The average molecular weight is 487 g/mol. The van der Waals surface area contributed by atoms with Gasteiger partial charge in [0.15, 0.2) is 11.6 Å². The summed E-state index contributed by atoms with van der Waals surface area (Å²) < 4.78 is 23.1. The highest BCUT2D eigenvalue weighted by Crippen LogP contribution is 2.49. The zero-order valence-corrected chi connectivity index (χ0v) is 21.1. The Morgan fingerprint density at radius 3 is 2.49 bits per heavy atom. The number of anilines is 1. The highest BCUT2D eigenvalue weighted by Gasteiger charge is 2.48. The van der Waals surface area contributed by atoms with Crippen LogP contribution in [0.3, 0.4) is 0 Å². The third kappa shape index (κ3) is 4.47. The Bertz CT molecular complexity index is 1210. The summed E-state index contributed by atoms with van der Waals surface area (Å²) in [5.41, 5.74) is 6.02. The van der Waals surface area contributed by atoms with Crippen molar-refractivity contribution in [3.8, 4) is 11.8 Å². The predicted molar refractivity (Wildman–Crippen MR) is 134 cm³/mol. The molecule has 1 aliphatic heterocycles. The molecular weight excluding hydrogens is 451 g/mol. The molecule has 0 radical (unpaired) electrons. The van der Waals surface area contributed by atoms with Gasteiger partial charge in [0.25, 0.3) is 0 Å². The van der Waals surface area contributed by atoms with Crippen molar-refractivity contribution in [1.29, 1.82) is 5.26 Å². The maximum Gasteiger partial charge on any atom is 0.341 e. The van der Waals surface area contributed by atoms with E-state index in [1.165, 1.54) is 26.3 Å². The topological polar surface area (TPSA) is 122 Å². The van der Waals surface area contributed by atoms with Crippen molar-refractivity contribution in [3.63, 3.8) is 0 Å². The van der Waals surface area contributed by atoms with Crippen molar-refractivity contribution in [1.82, 2.24) is 4.57 Å². The number of carboxylic acid groups (broad SMARTS) is 1. The number of aromatic carboxylic acids is 1. The summed E-state index contributed by atoms with van der Waals surface area (Å²) >= 11 is 0. The van der Waals surface area contributed by atoms with Crippen LogP contribution in [0.25, 0.3) is 10.9 Å². The van der Waals surface area contributed by atoms with E-state index < -0.39 is 17.2 Å². The van der Waals surface area contributed by atoms with Crippen molar-refractivity contribution in [2.24, 2.45) is 17.1 Å². The van der Waals surface area contributed by atoms with E-state index >= 15 is 4.39 Å². The molecule has 4 rings (SSSR count). The molecule has 0 bridgehead atoms. The highest BCUT2D eigenvalue weighted by atomic mass is 19.1. The minimum atomic E-state index is -1.32. The van der Waals surface area contributed by atoms with Gasteiger partial charge in [0.05, 0.1) is 24.1 Å². The lowest BCUT2D eigenvalue weighted by Gasteiger charge is -2.37. The van der Waals surface area contributed by atoms with Crippen LogP contribution in [0.15, 0.2) is 17.1 Å². The summed E-state index contributed by atoms with van der Waals surface area (Å²) in [5, 5.41) is 16.9. The Hall–Kier alpha value is -3.12. The maximum absolute atomic E-state index is 15.6. The number of carbonyl (C=O) groups is 1. The van der Waals surface area contributed by atoms with Crippen molar-refractivity contribution < 1.29 is 19.0 Å². The molecule has 0 spiro atoms. The van der Waals surface area contributed by atoms with Gasteiger partial charge in [-0.3, -0.25) is 4.79 Å². The van der Waals surface area contributed by atoms with Crippen LogP contribution in [0.2, 0.25) is 0 Å². The van der Waals surface area contributed by atoms with Crippen LogP contribution in [0.5, 0.6) is 5.75 Å². The maximum atomic E-state index is 15.6. The second kappa shape index (κ2) is 10.2. The quantitative estimate of drug-likeness (QED) is 0.598. The van der Waals surface area contributed by atoms with Gasteiger partial charge in [-0.25, -0.2) is 9.18 Å². The number of aromatic nitrogens is 1. The fourth-order valence-electron chi connectivity index (χ4n) is 5.67. The third-order valence-electron chi connectivity index (χ3n) is 7.69. The minimum Gasteiger partial charge on any atom is -0.492 e. The van der Waals surface area contributed by atoms with Gasteiger partial charge in [-0.2, -0.15) is 5.26 Å². The van der Waals surface area contributed by atoms with E-state index in [9.17, 15) is 14.7 Å². The molecule has 2 heterocycles. The van der Waals surface area contributed by atoms with E-state index in [2.05, 4.69) is 13.8 Å². The molecule has 9 heteroatoms. The molecule has 3 atom stereocenters. The number of methoxy groups -OCH3 is 1. The smallest absolute Gasteiger partial charge is 0.341 e. The van der Waals surface area contributed by atoms with Gasteiger partial charge in [0.1, 0.15) is 11.3 Å². The number of ether oxygens (including phenoxy) is 1. The highest BCUT2D eigenvalue weighted by molar-refractivity contribution is 5.97. The van der Waals surface area contributed by atoms with Crippen LogP contribution in [-0.2, 0) is 0 Å². The fraction of sp³-hybridized carbons (Fsp3) is 0.577. The first-order valence-corrected chi connectivity index (χ1v) is 12.1. The molecule has 1 saturated carbocycles. The Kier molecular flexibility index (Phi) is 7.75. The molecule has 8 nitrogen and oxygen atoms in total. The number of carboxylic acids is 1. The number of pyridine rings is 1. The lowest BCUT2D eigenvalue weighted by molar-refractivity contribution is 0.0694. The summed E-state index contributed by atoms with van der Waals surface area (Å²) in [6.45, 7) is 8.95. The van der Waals surface area contributed by atoms with E-state index in [0.717, 1.165) is 25.7 Å². The number of nitriles is 1. The summed E-state index contributed by atoms with van der Waals surface area (Å²) in [6.07, 6.45) is 4.94. The molecule has 3 unspecified atom stereocenters. The zero-order valence-electron chi connectivity index (χ0n) is 21.1. The van der Waals surface area contributed by atoms with Crippen LogP contribution in [0, 0.1) is 28.5 Å². The average Bonchev–Trinajstić information content (AvgIpc) is 3.58. The van der Waals surface area contributed by atoms with Gasteiger partial charge in [-0.15, -0.1) is 0 Å². The van der Waals surface area contributed by atoms with Crippen LogP contribution in [0.4, 0.5) is 10.1 Å². The van der Waals surface area contributed by atoms with E-state index in [1.807, 2.05) is 11.8 Å². The first-order valence-electron chi connectivity index (χ1n) is 12.1. The Morgan fingerprint density at radius 1 is 1.43 bits per heavy atom. The molecule has 1 saturated heterocycles. The van der Waals surface area contributed by atoms with Gasteiger partial charge >= 0.3 is 5.97 Å². The monoisotopic (exact) mass is 486 g/mol. The number of hydrogen-bond donors (Lipinski definition) is 2. The van der Waals surface area contributed by atoms with Crippen molar-refractivity contribution in [3.05, 3.63) is 33.9 Å². The molecule has 3 N–H and O–H groups in total. The zero-order chi connectivity index (χ0) is 26.1. The number of nitrogens with two attached hydrogens (primary N) is 1. The van der Waals surface area contributed by atoms with Crippen LogP contribution >= 0.6 is 0 Å². The normalized spacial score (nSPS) is 22.3. The summed E-state index contributed by atoms with van der Waals surface area (Å²) in [5.74, 6) is -1.31. The lowest BCUT2D eigenvalue weighted by atomic mass is 9.70. The number of halogens is 1. The largest absolute Gasteiger partial charge is 0.492 e. The van der Waals surface area contributed by atoms with E-state index in [4.69, 9.17) is 15.7 Å². The number of nitrogens with zero attached hydrogens (tertiary/aromatic N) is 3. The van der Waals surface area contributed by atoms with Gasteiger partial charge in [0.2, 0.25) is 5.43 Å². The third-order valence-corrected chi connectivity index (χ3v) is 7.69. The molecule has 190 valence electrons. The van der Waals surface area contributed by atoms with Crippen LogP contribution in [-0.4, -0.2) is 41.9 Å². The minimum absolute atomic E-state index is 0.0371. The van der Waals surface area contributed by atoms with Gasteiger partial charge < -0.3 is 25.0 Å². The SMILES string of the molecule is CC#N.CCC1CN(c2c(F)cc3c(=O)c(C(=O)O)cn(C4CC4)c3c2OC)CC1(CC)C(C)N. The molecule has 1 aromatic carbocycles. The second-order valence-electron chi connectivity index (χ2n) is 9.54. The Morgan fingerprint density at radius 2 is 2.06 bits per heavy atom. The summed E-state index contributed by atoms with van der Waals surface area (Å²) in [4.78, 5) is 26.6. The van der Waals surface area contributed by atoms with Crippen LogP contribution in [0.1, 0.15) is 69.8 Å². The molecule has 1 aliphatic carbocycles. The first kappa shape index (κ1) is 26.5. The molecule has 35 heavy (non-hydrogen) atoms. The molecule has 2 aliphatic rings. The van der Waals surface area contributed by atoms with Gasteiger partial charge in [0, 0.05) is 43.7 Å². The number of rotatable bonds is 7. The summed E-state index contributed by atoms with van der Waals surface area (Å²) in [6, 6.07) is 2.95. The van der Waals surface area contributed by atoms with Gasteiger partial charge in [-0.05, 0) is 38.2 Å². The Balaban J connectivity index is 0.00000108. The standard InChI is InChI=1S/C24H32FN3O4.C2H3N/c1-5-14-10-27(12-24(14,6-2)13(3)26)20-18(25)9-16-19(22(20)32-4)28(15-7-8-15)11-17(21(16)29)23(30)31;1-2-3/h9,11,13-15H,5-8,10,12,26H2,1-4H3,(H,30,31);1H3. The van der Waals surface area contributed by atoms with E-state index in [0.29, 0.717) is 30.2 Å². The number of fused-ring (bicyclic) bond motifs is 1. The number of hydrogen-bond acceptors (Lipinski definition) is 6. The first-order chi connectivity index (χ1) is 16.6. The van der Waals surface area contributed by atoms with E-state index in [-0.39, 0.29) is 34.2 Å². The lowest BCUT2D eigenvalue weighted by Crippen LogP contribution is -2.45. The molecular formula is C26H35FN4O4. The predicted octanol–water partition coefficient (Wildman–Crippen LogP) is 4.30. The second-order valence-corrected chi connectivity index (χ2v) is 9.54. The van der Waals surface area contributed by atoms with Gasteiger partial charge in [-0.1, -0.05) is 20.3 Å². The fourth-order valence-corrected chi connectivity index (χ4v) is 5.67. The van der Waals surface area contributed by atoms with Crippen molar-refractivity contribution in [2.75, 3.05) is 25.1 Å². The van der Waals surface area contributed by atoms with Crippen molar-refractivity contribution in [2.45, 2.75) is 65.5 Å². The van der Waals surface area contributed by atoms with E-state index in [1.54, 1.807) is 10.6 Å².